The van der Waals surface area contributed by atoms with Crippen LogP contribution in [0.5, 0.6) is 5.88 Å². The number of carbonyl (C=O) groups is 1. The van der Waals surface area contributed by atoms with Crippen molar-refractivity contribution in [2.75, 3.05) is 12.4 Å². The molecule has 0 unspecified atom stereocenters. The average molecular weight is 315 g/mol. The topological polar surface area (TPSA) is 84.3 Å². The molecule has 0 spiro atoms. The molecule has 0 aliphatic carbocycles. The van der Waals surface area contributed by atoms with Crippen LogP contribution in [0.4, 0.5) is 5.00 Å². The fourth-order valence-corrected chi connectivity index (χ4v) is 3.00. The molecule has 22 heavy (non-hydrogen) atoms. The van der Waals surface area contributed by atoms with Crippen molar-refractivity contribution in [2.45, 2.75) is 6.54 Å². The number of methoxy groups -OCH3 is 1. The molecule has 0 radical (unpaired) electrons. The number of hydrogen-bond donors (Lipinski definition) is 2. The number of rotatable bonds is 5. The Labute approximate surface area is 130 Å². The van der Waals surface area contributed by atoms with Gasteiger partial charge in [-0.2, -0.15) is 0 Å². The van der Waals surface area contributed by atoms with Crippen molar-refractivity contribution in [2.24, 2.45) is 0 Å². The number of nitrogens with one attached hydrogen (secondary N) is 1. The molecule has 6 nitrogen and oxygen atoms in total. The second-order valence-corrected chi connectivity index (χ2v) is 5.63. The fraction of sp³-hybridized carbons (Fsp3) is 0.133. The van der Waals surface area contributed by atoms with E-state index < -0.39 is 5.97 Å². The van der Waals surface area contributed by atoms with Crippen LogP contribution in [0.2, 0.25) is 0 Å². The van der Waals surface area contributed by atoms with Gasteiger partial charge in [-0.05, 0) is 17.7 Å². The largest absolute Gasteiger partial charge is 0.481 e. The minimum absolute atomic E-state index is 0.0768. The van der Waals surface area contributed by atoms with Crippen molar-refractivity contribution in [1.29, 1.82) is 0 Å². The summed E-state index contributed by atoms with van der Waals surface area (Å²) in [4.78, 5) is 19.2. The first kappa shape index (κ1) is 14.3. The molecule has 0 aliphatic rings. The molecule has 3 heterocycles. The van der Waals surface area contributed by atoms with E-state index in [0.29, 0.717) is 17.8 Å². The third kappa shape index (κ3) is 2.84. The molecular weight excluding hydrogens is 302 g/mol. The van der Waals surface area contributed by atoms with Gasteiger partial charge in [0, 0.05) is 35.1 Å². The number of aromatic nitrogens is 2. The Morgan fingerprint density at radius 1 is 1.36 bits per heavy atom. The first-order valence-electron chi connectivity index (χ1n) is 6.52. The number of fused-ring (bicyclic) bond motifs is 1. The molecule has 3 rings (SSSR count). The van der Waals surface area contributed by atoms with Crippen molar-refractivity contribution >= 4 is 32.4 Å². The first-order valence-corrected chi connectivity index (χ1v) is 7.33. The van der Waals surface area contributed by atoms with Crippen LogP contribution in [0.25, 0.3) is 10.1 Å². The Morgan fingerprint density at radius 3 is 2.91 bits per heavy atom. The number of anilines is 1. The Bertz CT molecular complexity index is 815. The van der Waals surface area contributed by atoms with Crippen LogP contribution in [0.1, 0.15) is 16.1 Å². The molecule has 0 bridgehead atoms. The lowest BCUT2D eigenvalue weighted by atomic mass is 10.2. The summed E-state index contributed by atoms with van der Waals surface area (Å²) in [6.45, 7) is 0.597. The van der Waals surface area contributed by atoms with Gasteiger partial charge < -0.3 is 15.2 Å². The van der Waals surface area contributed by atoms with Gasteiger partial charge in [-0.1, -0.05) is 6.07 Å². The molecule has 0 aromatic carbocycles. The fourth-order valence-electron chi connectivity index (χ4n) is 2.05. The lowest BCUT2D eigenvalue weighted by Crippen LogP contribution is -2.00. The smallest absolute Gasteiger partial charge is 0.355 e. The van der Waals surface area contributed by atoms with Gasteiger partial charge in [0.25, 0.3) is 0 Å². The zero-order valence-corrected chi connectivity index (χ0v) is 12.6. The predicted octanol–water partition coefficient (Wildman–Crippen LogP) is 3.01. The van der Waals surface area contributed by atoms with Crippen LogP contribution in [-0.4, -0.2) is 28.2 Å². The van der Waals surface area contributed by atoms with Crippen molar-refractivity contribution in [1.82, 2.24) is 9.97 Å². The summed E-state index contributed by atoms with van der Waals surface area (Å²) in [5.74, 6) is -0.447. The molecule has 3 aromatic rings. The molecule has 2 N–H and O–H groups in total. The monoisotopic (exact) mass is 315 g/mol. The average Bonchev–Trinajstić information content (AvgIpc) is 2.96. The maximum Gasteiger partial charge on any atom is 0.355 e. The summed E-state index contributed by atoms with van der Waals surface area (Å²) in [5.41, 5.74) is 1.09. The number of carboxylic acid groups (broad SMARTS) is 1. The molecule has 0 aliphatic heterocycles. The predicted molar refractivity (Wildman–Crippen MR) is 84.7 cm³/mol. The zero-order valence-electron chi connectivity index (χ0n) is 11.7. The Balaban J connectivity index is 1.79. The van der Waals surface area contributed by atoms with Crippen LogP contribution >= 0.6 is 11.3 Å². The summed E-state index contributed by atoms with van der Waals surface area (Å²) < 4.78 is 5.91. The van der Waals surface area contributed by atoms with Gasteiger partial charge in [0.05, 0.1) is 12.1 Å². The SMILES string of the molecule is COc1ccc(CNc2cc3c(C(=O)O)nccc3s2)cn1. The highest BCUT2D eigenvalue weighted by atomic mass is 32.1. The third-order valence-electron chi connectivity index (χ3n) is 3.12. The molecule has 0 fully saturated rings. The lowest BCUT2D eigenvalue weighted by molar-refractivity contribution is 0.0693. The van der Waals surface area contributed by atoms with Gasteiger partial charge in [0.15, 0.2) is 5.69 Å². The lowest BCUT2D eigenvalue weighted by Gasteiger charge is -2.04. The van der Waals surface area contributed by atoms with Crippen LogP contribution in [-0.2, 0) is 6.54 Å². The van der Waals surface area contributed by atoms with E-state index in [0.717, 1.165) is 15.3 Å². The van der Waals surface area contributed by atoms with E-state index in [9.17, 15) is 4.79 Å². The molecule has 0 saturated carbocycles. The van der Waals surface area contributed by atoms with E-state index in [2.05, 4.69) is 15.3 Å². The standard InChI is InChI=1S/C15H13N3O3S/c1-21-12-3-2-9(7-17-12)8-18-13-6-10-11(22-13)4-5-16-14(10)15(19)20/h2-7,18H,8H2,1H3,(H,19,20). The van der Waals surface area contributed by atoms with E-state index in [-0.39, 0.29) is 5.69 Å². The maximum absolute atomic E-state index is 11.2. The van der Waals surface area contributed by atoms with Crippen molar-refractivity contribution in [3.05, 3.63) is 47.9 Å². The maximum atomic E-state index is 11.2. The summed E-state index contributed by atoms with van der Waals surface area (Å²) >= 11 is 1.50. The van der Waals surface area contributed by atoms with Gasteiger partial charge >= 0.3 is 5.97 Å². The van der Waals surface area contributed by atoms with Crippen molar-refractivity contribution in [3.8, 4) is 5.88 Å². The summed E-state index contributed by atoms with van der Waals surface area (Å²) in [5, 5.41) is 14.0. The van der Waals surface area contributed by atoms with E-state index in [1.807, 2.05) is 18.2 Å². The van der Waals surface area contributed by atoms with Gasteiger partial charge in [-0.15, -0.1) is 11.3 Å². The number of hydrogen-bond acceptors (Lipinski definition) is 6. The highest BCUT2D eigenvalue weighted by molar-refractivity contribution is 7.22. The van der Waals surface area contributed by atoms with E-state index in [4.69, 9.17) is 9.84 Å². The Morgan fingerprint density at radius 2 is 2.23 bits per heavy atom. The van der Waals surface area contributed by atoms with Gasteiger partial charge in [0.2, 0.25) is 5.88 Å². The van der Waals surface area contributed by atoms with Gasteiger partial charge in [-0.3, -0.25) is 0 Å². The number of ether oxygens (including phenoxy) is 1. The normalized spacial score (nSPS) is 10.6. The van der Waals surface area contributed by atoms with E-state index >= 15 is 0 Å². The van der Waals surface area contributed by atoms with Crippen LogP contribution < -0.4 is 10.1 Å². The third-order valence-corrected chi connectivity index (χ3v) is 4.18. The molecule has 112 valence electrons. The van der Waals surface area contributed by atoms with E-state index in [1.54, 1.807) is 19.4 Å². The molecular formula is C15H13N3O3S. The second kappa shape index (κ2) is 5.98. The number of thiophene rings is 1. The van der Waals surface area contributed by atoms with Crippen LogP contribution in [0.15, 0.2) is 36.7 Å². The van der Waals surface area contributed by atoms with Crippen LogP contribution in [0.3, 0.4) is 0 Å². The quantitative estimate of drug-likeness (QED) is 0.753. The molecule has 0 atom stereocenters. The van der Waals surface area contributed by atoms with Crippen molar-refractivity contribution in [3.63, 3.8) is 0 Å². The number of nitrogens with zero attached hydrogens (tertiary/aromatic N) is 2. The molecule has 0 amide bonds. The number of aromatic carboxylic acids is 1. The minimum Gasteiger partial charge on any atom is -0.481 e. The summed E-state index contributed by atoms with van der Waals surface area (Å²) in [7, 11) is 1.57. The first-order chi connectivity index (χ1) is 10.7. The molecule has 3 aromatic heterocycles. The number of carboxylic acids is 1. The van der Waals surface area contributed by atoms with Gasteiger partial charge in [-0.25, -0.2) is 14.8 Å². The minimum atomic E-state index is -1.02. The Kier molecular flexibility index (Phi) is 3.88. The van der Waals surface area contributed by atoms with Crippen LogP contribution in [0, 0.1) is 0 Å². The number of pyridine rings is 2. The van der Waals surface area contributed by atoms with E-state index in [1.165, 1.54) is 17.5 Å². The van der Waals surface area contributed by atoms with Gasteiger partial charge in [0.1, 0.15) is 0 Å². The van der Waals surface area contributed by atoms with Crippen molar-refractivity contribution < 1.29 is 14.6 Å². The summed E-state index contributed by atoms with van der Waals surface area (Å²) in [6.07, 6.45) is 3.25. The highest BCUT2D eigenvalue weighted by Crippen LogP contribution is 2.31. The highest BCUT2D eigenvalue weighted by Gasteiger charge is 2.12. The molecule has 7 heteroatoms. The molecule has 0 saturated heterocycles. The zero-order chi connectivity index (χ0) is 15.5. The summed E-state index contributed by atoms with van der Waals surface area (Å²) in [6, 6.07) is 7.35. The second-order valence-electron chi connectivity index (χ2n) is 4.55. The Hall–Kier alpha value is -2.67.